The van der Waals surface area contributed by atoms with Crippen LogP contribution in [-0.4, -0.2) is 32.8 Å². The third kappa shape index (κ3) is 21.6. The van der Waals surface area contributed by atoms with Crippen LogP contribution in [0.2, 0.25) is 0 Å². The Balaban J connectivity index is 1.28. The maximum Gasteiger partial charge on any atom is 0.0876 e. The summed E-state index contributed by atoms with van der Waals surface area (Å²) >= 11 is 0. The Bertz CT molecular complexity index is 4410. The summed E-state index contributed by atoms with van der Waals surface area (Å²) < 4.78 is 0. The van der Waals surface area contributed by atoms with E-state index in [2.05, 4.69) is 397 Å². The van der Waals surface area contributed by atoms with E-state index in [1.165, 1.54) is 173 Å². The van der Waals surface area contributed by atoms with Crippen LogP contribution in [0.4, 0.5) is 17.1 Å². The van der Waals surface area contributed by atoms with Crippen LogP contribution < -0.4 is 20.9 Å². The molecule has 0 heterocycles. The molecule has 0 saturated carbocycles. The van der Waals surface area contributed by atoms with Crippen molar-refractivity contribution in [1.82, 2.24) is 5.32 Å². The van der Waals surface area contributed by atoms with Crippen LogP contribution in [0.5, 0.6) is 0 Å². The summed E-state index contributed by atoms with van der Waals surface area (Å²) in [5.74, 6) is 6.34. The van der Waals surface area contributed by atoms with E-state index in [-0.39, 0.29) is 0 Å². The zero-order valence-electron chi connectivity index (χ0n) is 80.5. The van der Waals surface area contributed by atoms with E-state index in [0.717, 1.165) is 37.6 Å². The van der Waals surface area contributed by atoms with Gasteiger partial charge in [-0.1, -0.05) is 322 Å². The molecule has 0 aliphatic heterocycles. The van der Waals surface area contributed by atoms with Gasteiger partial charge in [-0.05, 0) is 328 Å². The van der Waals surface area contributed by atoms with Gasteiger partial charge in [-0.3, -0.25) is 0 Å². The molecular formula is C113H160N4. The van der Waals surface area contributed by atoms with Crippen molar-refractivity contribution in [2.24, 2.45) is 0 Å². The molecule has 0 aliphatic rings. The Morgan fingerprint density at radius 2 is 0.368 bits per heavy atom. The van der Waals surface area contributed by atoms with Crippen LogP contribution in [0.25, 0.3) is 66.8 Å². The molecule has 9 aromatic carbocycles. The second-order valence-electron chi connectivity index (χ2n) is 40.9. The molecule has 0 amide bonds. The van der Waals surface area contributed by atoms with Crippen molar-refractivity contribution >= 4 is 17.1 Å². The number of anilines is 3. The highest BCUT2D eigenvalue weighted by Crippen LogP contribution is 2.51. The fourth-order valence-corrected chi connectivity index (χ4v) is 18.0. The van der Waals surface area contributed by atoms with Gasteiger partial charge in [0.2, 0.25) is 0 Å². The van der Waals surface area contributed by atoms with E-state index in [0.29, 0.717) is 113 Å². The molecule has 0 atom stereocenters. The van der Waals surface area contributed by atoms with Crippen molar-refractivity contribution in [1.29, 1.82) is 0 Å². The fraction of sp³-hybridized carbons (Fsp3) is 0.522. The lowest BCUT2D eigenvalue weighted by Crippen LogP contribution is -2.37. The molecule has 0 aromatic heterocycles. The van der Waals surface area contributed by atoms with Crippen molar-refractivity contribution in [2.75, 3.05) is 48.4 Å². The average molecular weight is 1570 g/mol. The number of nitrogens with one attached hydrogen (secondary N) is 3. The van der Waals surface area contributed by atoms with Gasteiger partial charge in [-0.15, -0.1) is 0 Å². The van der Waals surface area contributed by atoms with E-state index in [9.17, 15) is 0 Å². The minimum absolute atomic E-state index is 0.303. The molecule has 0 fully saturated rings. The molecular weight excluding hydrogens is 1410 g/mol. The molecule has 9 aromatic rings. The molecule has 0 saturated heterocycles. The molecule has 0 radical (unpaired) electrons. The Hall–Kier alpha value is -7.66. The predicted molar refractivity (Wildman–Crippen MR) is 523 cm³/mol. The average Bonchev–Trinajstić information content (AvgIpc) is 0.763. The van der Waals surface area contributed by atoms with Gasteiger partial charge in [0.15, 0.2) is 0 Å². The summed E-state index contributed by atoms with van der Waals surface area (Å²) in [4.78, 5) is 2.69. The normalized spacial score (nSPS) is 12.5. The molecule has 4 heteroatoms. The molecule has 117 heavy (non-hydrogen) atoms. The van der Waals surface area contributed by atoms with Gasteiger partial charge in [0.1, 0.15) is 0 Å². The maximum atomic E-state index is 4.35. The standard InChI is InChI=1S/C113H160N4/c1-63(2)81-50-96(69(13)14)108(97(51-81)70(15)16)87-41-88(109-98(71(17)18)52-82(64(3)4)53-99(109)72(19)20)45-93(44-87)115-38-37-114-39-40-117(95-48-91(112-104(77(29)30)58-85(67(9)10)59-105(112)78(31)32)43-92(49-95)113-106(79(33)34)60-86(68(11)12)61-107(113)80(35)36)62-116-94-46-89(110-100(73(21)22)54-83(65(5)6)55-101(110)74(23)24)42-90(47-94)111-102(75(25)26)56-84(66(7)8)57-103(111)76(27)28/h41-61,63-80,114-116H,37-40,62H2,1-36H3. The Morgan fingerprint density at radius 3 is 0.547 bits per heavy atom. The summed E-state index contributed by atoms with van der Waals surface area (Å²) in [5.41, 5.74) is 45.3. The topological polar surface area (TPSA) is 39.3 Å². The molecule has 0 bridgehead atoms. The van der Waals surface area contributed by atoms with Crippen LogP contribution in [0.3, 0.4) is 0 Å². The Kier molecular flexibility index (Phi) is 31.6. The molecule has 632 valence electrons. The highest BCUT2D eigenvalue weighted by atomic mass is 15.2. The molecule has 3 N–H and O–H groups in total. The van der Waals surface area contributed by atoms with Crippen molar-refractivity contribution in [2.45, 2.75) is 356 Å². The number of rotatable bonds is 35. The SMILES string of the molecule is CC(C)c1cc(C(C)C)c(-c2cc(NCCNCCN(CNc3cc(-c4c(C(C)C)cc(C(C)C)cc4C(C)C)cc(-c4c(C(C)C)cc(C(C)C)cc4C(C)C)c3)c3cc(-c4c(C(C)C)cc(C(C)C)cc4C(C)C)cc(-c4c(C(C)C)cc(C(C)C)cc4C(C)C)c3)cc(-c3c(C(C)C)cc(C(C)C)cc3C(C)C)c2)c(C(C)C)c1. The van der Waals surface area contributed by atoms with E-state index in [4.69, 9.17) is 0 Å². The fourth-order valence-electron chi connectivity index (χ4n) is 18.0. The van der Waals surface area contributed by atoms with E-state index in [1.807, 2.05) is 0 Å². The molecule has 0 spiro atoms. The largest absolute Gasteiger partial charge is 0.384 e. The van der Waals surface area contributed by atoms with Gasteiger partial charge in [0.25, 0.3) is 0 Å². The van der Waals surface area contributed by atoms with Crippen LogP contribution in [-0.2, 0) is 0 Å². The van der Waals surface area contributed by atoms with Crippen molar-refractivity contribution in [3.05, 3.63) is 228 Å². The quantitative estimate of drug-likeness (QED) is 0.0273. The smallest absolute Gasteiger partial charge is 0.0876 e. The third-order valence-corrected chi connectivity index (χ3v) is 25.3. The lowest BCUT2D eigenvalue weighted by molar-refractivity contribution is 0.678. The van der Waals surface area contributed by atoms with Crippen LogP contribution in [0.15, 0.2) is 127 Å². The first-order chi connectivity index (χ1) is 54.9. The Labute approximate surface area is 716 Å². The predicted octanol–water partition coefficient (Wildman–Crippen LogP) is 34.5. The van der Waals surface area contributed by atoms with Crippen LogP contribution in [0, 0.1) is 0 Å². The number of hydrogen-bond acceptors (Lipinski definition) is 4. The van der Waals surface area contributed by atoms with Gasteiger partial charge in [0.05, 0.1) is 6.67 Å². The van der Waals surface area contributed by atoms with E-state index in [1.54, 1.807) is 0 Å². The highest BCUT2D eigenvalue weighted by Gasteiger charge is 2.30. The van der Waals surface area contributed by atoms with Crippen molar-refractivity contribution in [3.63, 3.8) is 0 Å². The second kappa shape index (κ2) is 39.7. The lowest BCUT2D eigenvalue weighted by Gasteiger charge is -2.30. The highest BCUT2D eigenvalue weighted by molar-refractivity contribution is 5.89. The molecule has 9 rings (SSSR count). The van der Waals surface area contributed by atoms with Gasteiger partial charge in [0, 0.05) is 43.2 Å². The first kappa shape index (κ1) is 93.2. The summed E-state index contributed by atoms with van der Waals surface area (Å²) in [5, 5.41) is 12.6. The van der Waals surface area contributed by atoms with E-state index < -0.39 is 0 Å². The summed E-state index contributed by atoms with van der Waals surface area (Å²) in [7, 11) is 0. The minimum Gasteiger partial charge on any atom is -0.384 e. The Morgan fingerprint density at radius 1 is 0.188 bits per heavy atom. The van der Waals surface area contributed by atoms with Gasteiger partial charge in [-0.25, -0.2) is 0 Å². The second-order valence-corrected chi connectivity index (χ2v) is 40.9. The molecule has 0 unspecified atom stereocenters. The van der Waals surface area contributed by atoms with Gasteiger partial charge >= 0.3 is 0 Å². The first-order valence-electron chi connectivity index (χ1n) is 46.4. The monoisotopic (exact) mass is 1570 g/mol. The molecule has 4 nitrogen and oxygen atoms in total. The summed E-state index contributed by atoms with van der Waals surface area (Å²) in [6.45, 7) is 89.6. The number of hydrogen-bond donors (Lipinski definition) is 3. The van der Waals surface area contributed by atoms with Gasteiger partial charge < -0.3 is 20.9 Å². The first-order valence-corrected chi connectivity index (χ1v) is 46.4. The molecule has 0 aliphatic carbocycles. The number of benzene rings is 9. The van der Waals surface area contributed by atoms with Crippen molar-refractivity contribution in [3.8, 4) is 66.8 Å². The third-order valence-electron chi connectivity index (χ3n) is 25.3. The zero-order valence-corrected chi connectivity index (χ0v) is 80.5. The van der Waals surface area contributed by atoms with Crippen LogP contribution >= 0.6 is 0 Å². The van der Waals surface area contributed by atoms with Crippen molar-refractivity contribution < 1.29 is 0 Å². The lowest BCUT2D eigenvalue weighted by atomic mass is 9.79. The number of nitrogens with zero attached hydrogens (tertiary/aromatic N) is 1. The van der Waals surface area contributed by atoms with Crippen LogP contribution in [0.1, 0.15) is 456 Å². The minimum atomic E-state index is 0.303. The van der Waals surface area contributed by atoms with Gasteiger partial charge in [-0.2, -0.15) is 0 Å². The zero-order chi connectivity index (χ0) is 86.5. The van der Waals surface area contributed by atoms with E-state index >= 15 is 0 Å². The maximum absolute atomic E-state index is 4.35. The summed E-state index contributed by atoms with van der Waals surface area (Å²) in [6.07, 6.45) is 0. The summed E-state index contributed by atoms with van der Waals surface area (Å²) in [6, 6.07) is 53.4.